The van der Waals surface area contributed by atoms with Crippen molar-refractivity contribution in [1.82, 2.24) is 0 Å². The number of aliphatic hydroxyl groups is 2. The van der Waals surface area contributed by atoms with Gasteiger partial charge in [-0.25, -0.2) is 0 Å². The fourth-order valence-electron chi connectivity index (χ4n) is 8.18. The molecule has 3 fully saturated rings. The fourth-order valence-corrected chi connectivity index (χ4v) is 8.18. The third-order valence-corrected chi connectivity index (χ3v) is 9.30. The maximum absolute atomic E-state index is 12.4. The van der Waals surface area contributed by atoms with Crippen molar-refractivity contribution in [3.05, 3.63) is 11.6 Å². The van der Waals surface area contributed by atoms with Gasteiger partial charge < -0.3 is 15.3 Å². The molecule has 5 heteroatoms. The van der Waals surface area contributed by atoms with Crippen LogP contribution in [-0.2, 0) is 9.59 Å². The molecule has 28 heavy (non-hydrogen) atoms. The molecule has 5 nitrogen and oxygen atoms in total. The van der Waals surface area contributed by atoms with Crippen molar-refractivity contribution >= 4 is 11.8 Å². The molecule has 156 valence electrons. The Balaban J connectivity index is 1.71. The van der Waals surface area contributed by atoms with Crippen LogP contribution in [0.3, 0.4) is 0 Å². The third kappa shape index (κ3) is 2.72. The quantitative estimate of drug-likeness (QED) is 0.641. The van der Waals surface area contributed by atoms with E-state index in [1.807, 2.05) is 0 Å². The van der Waals surface area contributed by atoms with Crippen molar-refractivity contribution in [2.45, 2.75) is 71.3 Å². The van der Waals surface area contributed by atoms with Crippen LogP contribution in [0.1, 0.15) is 65.2 Å². The number of rotatable bonds is 4. The van der Waals surface area contributed by atoms with Crippen molar-refractivity contribution in [3.8, 4) is 0 Å². The Morgan fingerprint density at radius 2 is 1.93 bits per heavy atom. The number of aliphatic carboxylic acids is 1. The highest BCUT2D eigenvalue weighted by Gasteiger charge is 2.64. The molecule has 0 saturated heterocycles. The number of carbonyl (C=O) groups excluding carboxylic acids is 1. The van der Waals surface area contributed by atoms with Gasteiger partial charge in [-0.05, 0) is 79.4 Å². The second kappa shape index (κ2) is 6.94. The molecule has 4 rings (SSSR count). The molecule has 1 unspecified atom stereocenters. The monoisotopic (exact) mass is 390 g/mol. The molecular formula is C23H34O5. The molecular weight excluding hydrogens is 356 g/mol. The van der Waals surface area contributed by atoms with Gasteiger partial charge in [0, 0.05) is 12.3 Å². The number of allylic oxidation sites excluding steroid dienone is 2. The highest BCUT2D eigenvalue weighted by atomic mass is 16.4. The standard InChI is InChI=1S/C23H34O5/c1-22-11-18(25)21-15(16(22)8-9-17(22)19(26)12-24)7-6-13-4-3-5-14(10-20(27)28)23(13,21)2/h4,14-18,21,24-25H,3,5-12H2,1-2H3,(H,27,28)/t14?,15-,16-,17+,18-,21+,22-,23+/m0/s1. The highest BCUT2D eigenvalue weighted by molar-refractivity contribution is 5.83. The minimum atomic E-state index is -0.751. The summed E-state index contributed by atoms with van der Waals surface area (Å²) in [6.07, 6.45) is 8.10. The second-order valence-electron chi connectivity index (χ2n) is 10.3. The van der Waals surface area contributed by atoms with Gasteiger partial charge in [0.05, 0.1) is 6.10 Å². The van der Waals surface area contributed by atoms with Gasteiger partial charge in [-0.1, -0.05) is 25.5 Å². The van der Waals surface area contributed by atoms with Gasteiger partial charge in [0.15, 0.2) is 5.78 Å². The van der Waals surface area contributed by atoms with Crippen LogP contribution >= 0.6 is 0 Å². The highest BCUT2D eigenvalue weighted by Crippen LogP contribution is 2.68. The lowest BCUT2D eigenvalue weighted by Crippen LogP contribution is -2.59. The van der Waals surface area contributed by atoms with Crippen LogP contribution in [0.4, 0.5) is 0 Å². The first-order valence-corrected chi connectivity index (χ1v) is 11.0. The summed E-state index contributed by atoms with van der Waals surface area (Å²) in [7, 11) is 0. The molecule has 0 radical (unpaired) electrons. The summed E-state index contributed by atoms with van der Waals surface area (Å²) < 4.78 is 0. The van der Waals surface area contributed by atoms with E-state index < -0.39 is 18.7 Å². The number of fused-ring (bicyclic) bond motifs is 5. The van der Waals surface area contributed by atoms with Crippen LogP contribution in [0.2, 0.25) is 0 Å². The maximum Gasteiger partial charge on any atom is 0.303 e. The van der Waals surface area contributed by atoms with Crippen molar-refractivity contribution in [2.75, 3.05) is 6.61 Å². The molecule has 3 N–H and O–H groups in total. The first-order chi connectivity index (χ1) is 13.2. The molecule has 4 aliphatic rings. The molecule has 0 aliphatic heterocycles. The van der Waals surface area contributed by atoms with Crippen molar-refractivity contribution < 1.29 is 24.9 Å². The summed E-state index contributed by atoms with van der Waals surface area (Å²) in [6.45, 7) is 3.94. The minimum Gasteiger partial charge on any atom is -0.481 e. The summed E-state index contributed by atoms with van der Waals surface area (Å²) in [6, 6.07) is 0. The number of carboxylic acid groups (broad SMARTS) is 1. The number of aliphatic hydroxyl groups excluding tert-OH is 2. The van der Waals surface area contributed by atoms with Gasteiger partial charge in [-0.2, -0.15) is 0 Å². The molecule has 0 aromatic rings. The van der Waals surface area contributed by atoms with E-state index in [9.17, 15) is 24.9 Å². The lowest BCUT2D eigenvalue weighted by atomic mass is 9.43. The van der Waals surface area contributed by atoms with Crippen molar-refractivity contribution in [3.63, 3.8) is 0 Å². The Bertz CT molecular complexity index is 699. The number of Topliss-reactive ketones (excluding diaryl/α,β-unsaturated/α-hetero) is 1. The SMILES string of the molecule is C[C@]12C[C@H](O)[C@H]3[C@@H](CCC4=CCCC(CC(=O)O)[C@@]43C)[C@@H]1CC[C@@H]2C(=O)CO. The van der Waals surface area contributed by atoms with Gasteiger partial charge in [-0.15, -0.1) is 0 Å². The Kier molecular flexibility index (Phi) is 4.98. The topological polar surface area (TPSA) is 94.8 Å². The van der Waals surface area contributed by atoms with E-state index in [2.05, 4.69) is 19.9 Å². The zero-order valence-electron chi connectivity index (χ0n) is 17.1. The zero-order valence-corrected chi connectivity index (χ0v) is 17.1. The van der Waals surface area contributed by atoms with Crippen LogP contribution in [0.15, 0.2) is 11.6 Å². The summed E-state index contributed by atoms with van der Waals surface area (Å²) in [5.41, 5.74) is 0.837. The third-order valence-electron chi connectivity index (χ3n) is 9.30. The first-order valence-electron chi connectivity index (χ1n) is 11.0. The summed E-state index contributed by atoms with van der Waals surface area (Å²) in [5, 5.41) is 30.3. The van der Waals surface area contributed by atoms with Crippen molar-refractivity contribution in [2.24, 2.45) is 40.4 Å². The zero-order chi connectivity index (χ0) is 20.3. The van der Waals surface area contributed by atoms with Gasteiger partial charge in [0.1, 0.15) is 6.61 Å². The largest absolute Gasteiger partial charge is 0.481 e. The predicted molar refractivity (Wildman–Crippen MR) is 104 cm³/mol. The average molecular weight is 391 g/mol. The molecule has 3 saturated carbocycles. The Labute approximate surface area is 167 Å². The maximum atomic E-state index is 12.4. The van der Waals surface area contributed by atoms with E-state index in [0.29, 0.717) is 18.3 Å². The minimum absolute atomic E-state index is 0.0630. The molecule has 0 aromatic carbocycles. The average Bonchev–Trinajstić information content (AvgIpc) is 2.97. The molecule has 0 bridgehead atoms. The van der Waals surface area contributed by atoms with Gasteiger partial charge in [0.25, 0.3) is 0 Å². The van der Waals surface area contributed by atoms with E-state index in [0.717, 1.165) is 38.5 Å². The number of carbonyl (C=O) groups is 2. The Hall–Kier alpha value is -1.20. The fraction of sp³-hybridized carbons (Fsp3) is 0.826. The van der Waals surface area contributed by atoms with E-state index in [1.54, 1.807) is 0 Å². The van der Waals surface area contributed by atoms with Crippen LogP contribution in [0, 0.1) is 40.4 Å². The van der Waals surface area contributed by atoms with Gasteiger partial charge in [-0.3, -0.25) is 9.59 Å². The number of carboxylic acids is 1. The lowest BCUT2D eigenvalue weighted by Gasteiger charge is -2.61. The van der Waals surface area contributed by atoms with Crippen LogP contribution in [-0.4, -0.2) is 39.8 Å². The normalized spacial score (nSPS) is 47.5. The molecule has 4 aliphatic carbocycles. The van der Waals surface area contributed by atoms with Gasteiger partial charge >= 0.3 is 5.97 Å². The predicted octanol–water partition coefficient (Wildman–Crippen LogP) is 3.19. The molecule has 0 heterocycles. The van der Waals surface area contributed by atoms with E-state index in [-0.39, 0.29) is 40.8 Å². The molecule has 8 atom stereocenters. The Morgan fingerprint density at radius 3 is 2.61 bits per heavy atom. The van der Waals surface area contributed by atoms with Crippen LogP contribution in [0.25, 0.3) is 0 Å². The molecule has 0 amide bonds. The van der Waals surface area contributed by atoms with Crippen LogP contribution < -0.4 is 0 Å². The number of ketones is 1. The Morgan fingerprint density at radius 1 is 1.18 bits per heavy atom. The second-order valence-corrected chi connectivity index (χ2v) is 10.3. The van der Waals surface area contributed by atoms with Crippen LogP contribution in [0.5, 0.6) is 0 Å². The van der Waals surface area contributed by atoms with E-state index in [4.69, 9.17) is 0 Å². The lowest BCUT2D eigenvalue weighted by molar-refractivity contribution is -0.156. The number of hydrogen-bond acceptors (Lipinski definition) is 4. The first kappa shape index (κ1) is 20.1. The van der Waals surface area contributed by atoms with E-state index >= 15 is 0 Å². The molecule has 0 spiro atoms. The summed E-state index contributed by atoms with van der Waals surface area (Å²) >= 11 is 0. The summed E-state index contributed by atoms with van der Waals surface area (Å²) in [4.78, 5) is 24.0. The number of hydrogen-bond donors (Lipinski definition) is 3. The smallest absolute Gasteiger partial charge is 0.303 e. The molecule has 0 aromatic heterocycles. The van der Waals surface area contributed by atoms with E-state index in [1.165, 1.54) is 5.57 Å². The van der Waals surface area contributed by atoms with Crippen molar-refractivity contribution in [1.29, 1.82) is 0 Å². The van der Waals surface area contributed by atoms with Gasteiger partial charge in [0.2, 0.25) is 0 Å². The summed E-state index contributed by atoms with van der Waals surface area (Å²) in [5.74, 6) is -0.178.